The van der Waals surface area contributed by atoms with Crippen LogP contribution >= 0.6 is 0 Å². The molecule has 3 heterocycles. The molecule has 0 saturated heterocycles. The quantitative estimate of drug-likeness (QED) is 0.455. The van der Waals surface area contributed by atoms with Crippen LogP contribution < -0.4 is 4.90 Å². The van der Waals surface area contributed by atoms with Crippen molar-refractivity contribution in [3.8, 4) is 22.9 Å². The molecule has 30 heavy (non-hydrogen) atoms. The molecule has 0 atom stereocenters. The smallest absolute Gasteiger partial charge is 0.183 e. The number of rotatable bonds is 7. The predicted molar refractivity (Wildman–Crippen MR) is 108 cm³/mol. The van der Waals surface area contributed by atoms with Gasteiger partial charge in [0.1, 0.15) is 23.5 Å². The van der Waals surface area contributed by atoms with Gasteiger partial charge in [-0.05, 0) is 18.6 Å². The van der Waals surface area contributed by atoms with Gasteiger partial charge in [0.2, 0.25) is 0 Å². The second-order valence-electron chi connectivity index (χ2n) is 6.84. The summed E-state index contributed by atoms with van der Waals surface area (Å²) in [6.07, 6.45) is 3.43. The summed E-state index contributed by atoms with van der Waals surface area (Å²) in [5.74, 6) is -0.362. The predicted octanol–water partition coefficient (Wildman–Crippen LogP) is 4.17. The van der Waals surface area contributed by atoms with Gasteiger partial charge < -0.3 is 9.42 Å². The number of benzene rings is 1. The van der Waals surface area contributed by atoms with Crippen molar-refractivity contribution in [1.29, 1.82) is 0 Å². The molecule has 154 valence electrons. The standard InChI is InChI=1S/C21H20F2N6O/c1-3-9-28(2)21-16(23)12-24-20(25-21)18-11-19(17-8-10-30-27-17)29(26-18)13-14-6-4-5-7-15(14)22/h4-8,10-12H,3,9,13H2,1-2H3. The van der Waals surface area contributed by atoms with E-state index in [0.29, 0.717) is 29.2 Å². The molecule has 9 heteroatoms. The number of anilines is 1. The van der Waals surface area contributed by atoms with Gasteiger partial charge >= 0.3 is 0 Å². The molecular weight excluding hydrogens is 390 g/mol. The van der Waals surface area contributed by atoms with E-state index in [1.165, 1.54) is 12.3 Å². The van der Waals surface area contributed by atoms with Crippen LogP contribution in [0.1, 0.15) is 18.9 Å². The van der Waals surface area contributed by atoms with Gasteiger partial charge in [0, 0.05) is 25.2 Å². The van der Waals surface area contributed by atoms with Crippen molar-refractivity contribution >= 4 is 5.82 Å². The van der Waals surface area contributed by atoms with Crippen LogP contribution in [0.3, 0.4) is 0 Å². The zero-order valence-electron chi connectivity index (χ0n) is 16.6. The fourth-order valence-corrected chi connectivity index (χ4v) is 3.18. The molecular formula is C21H20F2N6O. The van der Waals surface area contributed by atoms with E-state index in [-0.39, 0.29) is 24.0 Å². The third-order valence-corrected chi connectivity index (χ3v) is 4.63. The van der Waals surface area contributed by atoms with E-state index in [9.17, 15) is 8.78 Å². The second-order valence-corrected chi connectivity index (χ2v) is 6.84. The summed E-state index contributed by atoms with van der Waals surface area (Å²) in [7, 11) is 1.77. The highest BCUT2D eigenvalue weighted by Crippen LogP contribution is 2.26. The van der Waals surface area contributed by atoms with Gasteiger partial charge in [-0.15, -0.1) is 0 Å². The molecule has 0 N–H and O–H groups in total. The molecule has 7 nitrogen and oxygen atoms in total. The maximum absolute atomic E-state index is 14.2. The Hall–Kier alpha value is -3.62. The van der Waals surface area contributed by atoms with Gasteiger partial charge in [-0.25, -0.2) is 18.7 Å². The lowest BCUT2D eigenvalue weighted by molar-refractivity contribution is 0.421. The molecule has 0 unspecified atom stereocenters. The molecule has 4 aromatic rings. The first-order valence-electron chi connectivity index (χ1n) is 9.53. The summed E-state index contributed by atoms with van der Waals surface area (Å²) in [6, 6.07) is 9.90. The first kappa shape index (κ1) is 19.7. The van der Waals surface area contributed by atoms with Gasteiger partial charge in [-0.3, -0.25) is 4.68 Å². The molecule has 0 aliphatic heterocycles. The molecule has 0 aliphatic rings. The molecule has 0 fully saturated rings. The Balaban J connectivity index is 1.77. The van der Waals surface area contributed by atoms with Crippen LogP contribution in [0.2, 0.25) is 0 Å². The van der Waals surface area contributed by atoms with Crippen molar-refractivity contribution in [2.75, 3.05) is 18.5 Å². The van der Waals surface area contributed by atoms with Gasteiger partial charge in [-0.2, -0.15) is 5.10 Å². The molecule has 0 radical (unpaired) electrons. The highest BCUT2D eigenvalue weighted by Gasteiger charge is 2.19. The molecule has 3 aromatic heterocycles. The summed E-state index contributed by atoms with van der Waals surface area (Å²) in [4.78, 5) is 10.2. The highest BCUT2D eigenvalue weighted by molar-refractivity contribution is 5.63. The van der Waals surface area contributed by atoms with Crippen molar-refractivity contribution in [1.82, 2.24) is 24.9 Å². The molecule has 0 saturated carbocycles. The summed E-state index contributed by atoms with van der Waals surface area (Å²) in [6.45, 7) is 2.84. The third kappa shape index (κ3) is 3.91. The Morgan fingerprint density at radius 2 is 1.93 bits per heavy atom. The van der Waals surface area contributed by atoms with Crippen LogP contribution in [0.15, 0.2) is 53.4 Å². The molecule has 0 aliphatic carbocycles. The summed E-state index contributed by atoms with van der Waals surface area (Å²) < 4.78 is 35.0. The Morgan fingerprint density at radius 3 is 2.67 bits per heavy atom. The van der Waals surface area contributed by atoms with E-state index in [1.54, 1.807) is 47.0 Å². The van der Waals surface area contributed by atoms with E-state index < -0.39 is 5.82 Å². The molecule has 4 rings (SSSR count). The average molecular weight is 410 g/mol. The first-order chi connectivity index (χ1) is 14.6. The van der Waals surface area contributed by atoms with Gasteiger partial charge in [0.15, 0.2) is 17.5 Å². The number of hydrogen-bond acceptors (Lipinski definition) is 6. The van der Waals surface area contributed by atoms with Crippen molar-refractivity contribution in [3.05, 3.63) is 66.1 Å². The highest BCUT2D eigenvalue weighted by atomic mass is 19.1. The number of halogens is 2. The van der Waals surface area contributed by atoms with E-state index in [0.717, 1.165) is 12.6 Å². The Labute approximate surface area is 172 Å². The molecule has 1 aromatic carbocycles. The van der Waals surface area contributed by atoms with Crippen molar-refractivity contribution in [2.45, 2.75) is 19.9 Å². The summed E-state index contributed by atoms with van der Waals surface area (Å²) >= 11 is 0. The van der Waals surface area contributed by atoms with E-state index in [4.69, 9.17) is 4.52 Å². The Kier molecular flexibility index (Phi) is 5.51. The fourth-order valence-electron chi connectivity index (χ4n) is 3.18. The maximum atomic E-state index is 14.2. The Morgan fingerprint density at radius 1 is 1.10 bits per heavy atom. The molecule has 0 bridgehead atoms. The number of hydrogen-bond donors (Lipinski definition) is 0. The van der Waals surface area contributed by atoms with Gasteiger partial charge in [-0.1, -0.05) is 30.3 Å². The lowest BCUT2D eigenvalue weighted by Crippen LogP contribution is -2.21. The zero-order chi connectivity index (χ0) is 21.1. The largest absolute Gasteiger partial charge is 0.364 e. The van der Waals surface area contributed by atoms with Gasteiger partial charge in [0.25, 0.3) is 0 Å². The molecule has 0 spiro atoms. The minimum Gasteiger partial charge on any atom is -0.364 e. The monoisotopic (exact) mass is 410 g/mol. The fraction of sp³-hybridized carbons (Fsp3) is 0.238. The van der Waals surface area contributed by atoms with Crippen LogP contribution in [0, 0.1) is 11.6 Å². The number of nitrogens with zero attached hydrogens (tertiary/aromatic N) is 6. The maximum Gasteiger partial charge on any atom is 0.183 e. The summed E-state index contributed by atoms with van der Waals surface area (Å²) in [5.41, 5.74) is 2.05. The summed E-state index contributed by atoms with van der Waals surface area (Å²) in [5, 5.41) is 8.52. The minimum atomic E-state index is -0.503. The molecule has 0 amide bonds. The van der Waals surface area contributed by atoms with E-state index in [2.05, 4.69) is 20.2 Å². The van der Waals surface area contributed by atoms with Crippen LogP contribution in [0.5, 0.6) is 0 Å². The Bertz CT molecular complexity index is 1140. The topological polar surface area (TPSA) is 72.9 Å². The van der Waals surface area contributed by atoms with Crippen LogP contribution in [-0.2, 0) is 6.54 Å². The normalized spacial score (nSPS) is 11.1. The van der Waals surface area contributed by atoms with Gasteiger partial charge in [0.05, 0.1) is 18.4 Å². The van der Waals surface area contributed by atoms with Crippen molar-refractivity contribution in [2.24, 2.45) is 0 Å². The van der Waals surface area contributed by atoms with Crippen molar-refractivity contribution < 1.29 is 13.3 Å². The first-order valence-corrected chi connectivity index (χ1v) is 9.53. The zero-order valence-corrected chi connectivity index (χ0v) is 16.6. The van der Waals surface area contributed by atoms with Crippen LogP contribution in [-0.4, -0.2) is 38.5 Å². The van der Waals surface area contributed by atoms with Crippen molar-refractivity contribution in [3.63, 3.8) is 0 Å². The lowest BCUT2D eigenvalue weighted by Gasteiger charge is -2.17. The van der Waals surface area contributed by atoms with E-state index >= 15 is 0 Å². The average Bonchev–Trinajstić information content (AvgIpc) is 3.40. The number of aromatic nitrogens is 5. The third-order valence-electron chi connectivity index (χ3n) is 4.63. The van der Waals surface area contributed by atoms with E-state index in [1.807, 2.05) is 6.92 Å². The second kappa shape index (κ2) is 8.40. The van der Waals surface area contributed by atoms with Crippen LogP contribution in [0.4, 0.5) is 14.6 Å². The van der Waals surface area contributed by atoms with Crippen LogP contribution in [0.25, 0.3) is 22.9 Å². The SMILES string of the molecule is CCCN(C)c1nc(-c2cc(-c3ccon3)n(Cc3ccccc3F)n2)ncc1F. The minimum absolute atomic E-state index is 0.179. The lowest BCUT2D eigenvalue weighted by atomic mass is 10.2.